The summed E-state index contributed by atoms with van der Waals surface area (Å²) in [5.74, 6) is -0.639. The van der Waals surface area contributed by atoms with E-state index in [9.17, 15) is 14.3 Å². The van der Waals surface area contributed by atoms with E-state index in [0.717, 1.165) is 28.5 Å². The van der Waals surface area contributed by atoms with E-state index in [1.54, 1.807) is 29.0 Å². The Bertz CT molecular complexity index is 1390. The lowest BCUT2D eigenvalue weighted by Gasteiger charge is -2.23. The van der Waals surface area contributed by atoms with Crippen LogP contribution in [0.25, 0.3) is 27.7 Å². The minimum atomic E-state index is -1.49. The number of aromatic nitrogens is 5. The Hall–Kier alpha value is -3.40. The highest BCUT2D eigenvalue weighted by atomic mass is 19.1. The molecule has 33 heavy (non-hydrogen) atoms. The molecule has 1 saturated carbocycles. The molecular formula is C23H22BFN6O2. The average molecular weight is 444 g/mol. The Labute approximate surface area is 190 Å². The minimum absolute atomic E-state index is 0.252. The molecule has 10 heteroatoms. The van der Waals surface area contributed by atoms with Crippen LogP contribution in [0.5, 0.6) is 0 Å². The number of aliphatic hydroxyl groups is 1. The van der Waals surface area contributed by atoms with Gasteiger partial charge in [0.05, 0.1) is 22.6 Å². The first-order valence-corrected chi connectivity index (χ1v) is 10.8. The van der Waals surface area contributed by atoms with Crippen molar-refractivity contribution in [3.05, 3.63) is 48.2 Å². The highest BCUT2D eigenvalue weighted by Crippen LogP contribution is 2.35. The summed E-state index contributed by atoms with van der Waals surface area (Å²) in [6.07, 6.45) is 5.07. The predicted octanol–water partition coefficient (Wildman–Crippen LogP) is 3.06. The lowest BCUT2D eigenvalue weighted by atomic mass is 9.74. The van der Waals surface area contributed by atoms with Crippen LogP contribution in [0, 0.1) is 12.8 Å². The molecule has 4 heterocycles. The summed E-state index contributed by atoms with van der Waals surface area (Å²) in [6, 6.07) is 5.41. The molecule has 0 aromatic carbocycles. The number of fused-ring (bicyclic) bond motifs is 3. The Morgan fingerprint density at radius 3 is 2.76 bits per heavy atom. The van der Waals surface area contributed by atoms with Crippen LogP contribution in [0.3, 0.4) is 0 Å². The number of hydrogen-bond acceptors (Lipinski definition) is 6. The summed E-state index contributed by atoms with van der Waals surface area (Å²) in [5, 5.41) is 18.3. The van der Waals surface area contributed by atoms with Crippen molar-refractivity contribution in [3.63, 3.8) is 0 Å². The molecule has 4 aromatic heterocycles. The molecule has 2 radical (unpaired) electrons. The molecule has 0 spiro atoms. The van der Waals surface area contributed by atoms with Gasteiger partial charge in [-0.2, -0.15) is 5.10 Å². The van der Waals surface area contributed by atoms with Gasteiger partial charge in [-0.1, -0.05) is 13.3 Å². The number of hydrogen-bond donors (Lipinski definition) is 2. The van der Waals surface area contributed by atoms with Crippen molar-refractivity contribution >= 4 is 36.1 Å². The molecular weight excluding hydrogens is 422 g/mol. The predicted molar refractivity (Wildman–Crippen MR) is 122 cm³/mol. The number of nitrogens with zero attached hydrogens (tertiary/aromatic N) is 5. The summed E-state index contributed by atoms with van der Waals surface area (Å²) in [5.41, 5.74) is 2.73. The van der Waals surface area contributed by atoms with Gasteiger partial charge < -0.3 is 10.4 Å². The number of carbonyl (C=O) groups excluding carboxylic acids is 1. The van der Waals surface area contributed by atoms with Gasteiger partial charge >= 0.3 is 0 Å². The van der Waals surface area contributed by atoms with E-state index in [4.69, 9.17) is 7.85 Å². The van der Waals surface area contributed by atoms with Crippen LogP contribution >= 0.6 is 0 Å². The molecule has 0 aliphatic heterocycles. The van der Waals surface area contributed by atoms with Gasteiger partial charge in [-0.15, -0.1) is 0 Å². The second-order valence-electron chi connectivity index (χ2n) is 8.59. The van der Waals surface area contributed by atoms with E-state index in [-0.39, 0.29) is 12.3 Å². The van der Waals surface area contributed by atoms with Gasteiger partial charge in [0.2, 0.25) is 5.91 Å². The highest BCUT2D eigenvalue weighted by molar-refractivity contribution is 6.14. The largest absolute Gasteiger partial charge is 0.394 e. The first-order valence-electron chi connectivity index (χ1n) is 10.8. The van der Waals surface area contributed by atoms with Crippen LogP contribution in [0.2, 0.25) is 0 Å². The van der Waals surface area contributed by atoms with Crippen molar-refractivity contribution < 1.29 is 14.3 Å². The second-order valence-corrected chi connectivity index (χ2v) is 8.59. The van der Waals surface area contributed by atoms with Gasteiger partial charge in [0.1, 0.15) is 26.2 Å². The Morgan fingerprint density at radius 2 is 2.06 bits per heavy atom. The van der Waals surface area contributed by atoms with Gasteiger partial charge in [-0.25, -0.2) is 18.9 Å². The monoisotopic (exact) mass is 444 g/mol. The number of carbonyl (C=O) groups is 1. The third-order valence-corrected chi connectivity index (χ3v) is 6.00. The van der Waals surface area contributed by atoms with E-state index >= 15 is 0 Å². The summed E-state index contributed by atoms with van der Waals surface area (Å²) < 4.78 is 14.9. The number of aryl methyl sites for hydroxylation is 1. The van der Waals surface area contributed by atoms with Crippen molar-refractivity contribution in [2.24, 2.45) is 5.92 Å². The summed E-state index contributed by atoms with van der Waals surface area (Å²) in [4.78, 5) is 25.3. The Balaban J connectivity index is 1.56. The van der Waals surface area contributed by atoms with Gasteiger partial charge in [-0.05, 0) is 37.5 Å². The van der Waals surface area contributed by atoms with E-state index in [1.807, 2.05) is 19.9 Å². The van der Waals surface area contributed by atoms with Crippen LogP contribution in [-0.4, -0.2) is 49.6 Å². The first kappa shape index (κ1) is 21.5. The zero-order valence-corrected chi connectivity index (χ0v) is 18.3. The van der Waals surface area contributed by atoms with Gasteiger partial charge in [0.25, 0.3) is 0 Å². The van der Waals surface area contributed by atoms with Crippen molar-refractivity contribution in [3.8, 4) is 11.1 Å². The van der Waals surface area contributed by atoms with Crippen LogP contribution in [-0.2, 0) is 10.3 Å². The molecule has 1 aliphatic carbocycles. The summed E-state index contributed by atoms with van der Waals surface area (Å²) >= 11 is 0. The maximum absolute atomic E-state index is 13.2. The van der Waals surface area contributed by atoms with Gasteiger partial charge in [0.15, 0.2) is 5.65 Å². The third-order valence-electron chi connectivity index (χ3n) is 6.00. The Morgan fingerprint density at radius 1 is 1.27 bits per heavy atom. The van der Waals surface area contributed by atoms with E-state index in [2.05, 4.69) is 25.4 Å². The number of halogens is 1. The SMILES string of the molecule is [B]C(O)(CCC)c1cc(C)c(-c2cc3cnc(NC(=O)C4CC4F)cc3n3ncnc23)cn1. The Kier molecular flexibility index (Phi) is 5.12. The fourth-order valence-electron chi connectivity index (χ4n) is 4.08. The van der Waals surface area contributed by atoms with Crippen LogP contribution in [0.4, 0.5) is 10.2 Å². The number of alkyl halides is 1. The fourth-order valence-corrected chi connectivity index (χ4v) is 4.08. The molecule has 1 amide bonds. The molecule has 1 fully saturated rings. The lowest BCUT2D eigenvalue weighted by Crippen LogP contribution is -2.27. The number of anilines is 1. The number of rotatable bonds is 6. The molecule has 5 rings (SSSR count). The van der Waals surface area contributed by atoms with Gasteiger partial charge in [0, 0.05) is 35.0 Å². The van der Waals surface area contributed by atoms with Crippen LogP contribution in [0.15, 0.2) is 36.9 Å². The maximum atomic E-state index is 13.2. The molecule has 2 N–H and O–H groups in total. The molecule has 3 unspecified atom stereocenters. The minimum Gasteiger partial charge on any atom is -0.394 e. The number of amides is 1. The smallest absolute Gasteiger partial charge is 0.231 e. The van der Waals surface area contributed by atoms with Crippen LogP contribution < -0.4 is 5.32 Å². The van der Waals surface area contributed by atoms with Crippen molar-refractivity contribution in [1.29, 1.82) is 0 Å². The topological polar surface area (TPSA) is 105 Å². The lowest BCUT2D eigenvalue weighted by molar-refractivity contribution is -0.117. The van der Waals surface area contributed by atoms with E-state index in [1.165, 1.54) is 6.33 Å². The normalized spacial score (nSPS) is 19.5. The van der Waals surface area contributed by atoms with Crippen LogP contribution in [0.1, 0.15) is 37.4 Å². The van der Waals surface area contributed by atoms with Crippen molar-refractivity contribution in [1.82, 2.24) is 24.6 Å². The molecule has 0 bridgehead atoms. The van der Waals surface area contributed by atoms with Crippen molar-refractivity contribution in [2.45, 2.75) is 44.8 Å². The molecule has 1 aliphatic rings. The number of pyridine rings is 3. The number of nitrogens with one attached hydrogen (secondary N) is 1. The van der Waals surface area contributed by atoms with Crippen molar-refractivity contribution in [2.75, 3.05) is 5.32 Å². The zero-order valence-electron chi connectivity index (χ0n) is 18.3. The van der Waals surface area contributed by atoms with E-state index < -0.39 is 17.6 Å². The fraction of sp³-hybridized carbons (Fsp3) is 0.348. The third kappa shape index (κ3) is 3.84. The summed E-state index contributed by atoms with van der Waals surface area (Å²) in [6.45, 7) is 3.87. The van der Waals surface area contributed by atoms with E-state index in [0.29, 0.717) is 29.1 Å². The second kappa shape index (κ2) is 7.88. The highest BCUT2D eigenvalue weighted by Gasteiger charge is 2.43. The average Bonchev–Trinajstić information content (AvgIpc) is 3.30. The maximum Gasteiger partial charge on any atom is 0.231 e. The molecule has 3 atom stereocenters. The molecule has 8 nitrogen and oxygen atoms in total. The quantitative estimate of drug-likeness (QED) is 0.443. The first-order chi connectivity index (χ1) is 15.8. The molecule has 166 valence electrons. The summed E-state index contributed by atoms with van der Waals surface area (Å²) in [7, 11) is 6.04. The standard InChI is InChI=1S/C23H22BFN6O2/c1-3-4-23(24,33)19-5-12(2)16(10-26-19)14-6-13-9-27-20(30-22(32)15-7-17(15)25)8-18(13)31-21(14)28-11-29-31/h5-6,8-11,15,17,33H,3-4,7H2,1-2H3,(H,27,30,32). The molecule has 4 aromatic rings. The van der Waals surface area contributed by atoms with Gasteiger partial charge in [-0.3, -0.25) is 9.78 Å². The zero-order chi connectivity index (χ0) is 23.3. The molecule has 0 saturated heterocycles.